The van der Waals surface area contributed by atoms with Crippen molar-refractivity contribution in [1.82, 2.24) is 0 Å². The molecule has 0 amide bonds. The van der Waals surface area contributed by atoms with Crippen LogP contribution in [0.1, 0.15) is 5.69 Å². The van der Waals surface area contributed by atoms with Crippen LogP contribution in [0.5, 0.6) is 0 Å². The van der Waals surface area contributed by atoms with Gasteiger partial charge in [0, 0.05) is 23.1 Å². The third-order valence-corrected chi connectivity index (χ3v) is 4.01. The molecule has 2 aromatic heterocycles. The van der Waals surface area contributed by atoms with Crippen LogP contribution in [-0.2, 0) is 7.05 Å². The highest BCUT2D eigenvalue weighted by Gasteiger charge is 2.09. The molecule has 0 N–H and O–H groups in total. The zero-order valence-electron chi connectivity index (χ0n) is 8.82. The lowest BCUT2D eigenvalue weighted by molar-refractivity contribution is -0.676. The summed E-state index contributed by atoms with van der Waals surface area (Å²) in [5.41, 5.74) is 1.32. The molecule has 1 aromatic carbocycles. The molecule has 0 aliphatic rings. The minimum absolute atomic E-state index is 1.32. The summed E-state index contributed by atoms with van der Waals surface area (Å²) in [7, 11) is 2.09. The van der Waals surface area contributed by atoms with E-state index in [-0.39, 0.29) is 0 Å². The summed E-state index contributed by atoms with van der Waals surface area (Å²) in [5.74, 6) is 0. The van der Waals surface area contributed by atoms with Crippen LogP contribution < -0.4 is 4.57 Å². The summed E-state index contributed by atoms with van der Waals surface area (Å²) in [4.78, 5) is 0. The lowest BCUT2D eigenvalue weighted by Gasteiger charge is -2.01. The largest absolute Gasteiger partial charge is 0.205 e. The first-order valence-electron chi connectivity index (χ1n) is 5.02. The monoisotopic (exact) mass is 214 g/mol. The van der Waals surface area contributed by atoms with Gasteiger partial charge in [0.2, 0.25) is 0 Å². The first-order valence-corrected chi connectivity index (χ1v) is 5.90. The predicted octanol–water partition coefficient (Wildman–Crippen LogP) is 3.19. The Morgan fingerprint density at radius 2 is 1.93 bits per heavy atom. The Labute approximate surface area is 92.6 Å². The maximum atomic E-state index is 2.22. The molecule has 15 heavy (non-hydrogen) atoms. The van der Waals surface area contributed by atoms with Crippen molar-refractivity contribution in [1.29, 1.82) is 0 Å². The second kappa shape index (κ2) is 3.04. The minimum atomic E-state index is 1.32. The summed E-state index contributed by atoms with van der Waals surface area (Å²) in [5, 5.41) is 6.24. The van der Waals surface area contributed by atoms with Gasteiger partial charge < -0.3 is 0 Å². The molecule has 3 rings (SSSR count). The van der Waals surface area contributed by atoms with Crippen LogP contribution in [0.2, 0.25) is 0 Å². The van der Waals surface area contributed by atoms with Crippen molar-refractivity contribution in [2.24, 2.45) is 7.05 Å². The zero-order valence-corrected chi connectivity index (χ0v) is 9.64. The van der Waals surface area contributed by atoms with Crippen LogP contribution in [0.3, 0.4) is 0 Å². The molecule has 0 aliphatic heterocycles. The molecule has 0 saturated heterocycles. The molecule has 3 aromatic rings. The number of pyridine rings is 1. The van der Waals surface area contributed by atoms with Crippen molar-refractivity contribution in [2.45, 2.75) is 6.92 Å². The van der Waals surface area contributed by atoms with Crippen molar-refractivity contribution < 1.29 is 4.57 Å². The number of fused-ring (bicyclic) bond motifs is 3. The first-order chi connectivity index (χ1) is 7.27. The van der Waals surface area contributed by atoms with Crippen LogP contribution in [0, 0.1) is 6.92 Å². The predicted molar refractivity (Wildman–Crippen MR) is 65.2 cm³/mol. The lowest BCUT2D eigenvalue weighted by atomic mass is 10.1. The molecule has 1 nitrogen and oxygen atoms in total. The Morgan fingerprint density at radius 1 is 1.07 bits per heavy atom. The molecule has 74 valence electrons. The Kier molecular flexibility index (Phi) is 1.80. The van der Waals surface area contributed by atoms with Gasteiger partial charge in [0.05, 0.1) is 5.39 Å². The maximum absolute atomic E-state index is 2.22. The second-order valence-electron chi connectivity index (χ2n) is 3.88. The quantitative estimate of drug-likeness (QED) is 0.506. The third-order valence-electron chi connectivity index (χ3n) is 3.04. The summed E-state index contributed by atoms with van der Waals surface area (Å²) in [6, 6.07) is 8.82. The van der Waals surface area contributed by atoms with Gasteiger partial charge in [-0.15, -0.1) is 11.3 Å². The molecule has 0 bridgehead atoms. The molecule has 0 fully saturated rings. The van der Waals surface area contributed by atoms with E-state index in [9.17, 15) is 0 Å². The van der Waals surface area contributed by atoms with Crippen molar-refractivity contribution in [3.05, 3.63) is 41.5 Å². The van der Waals surface area contributed by atoms with Crippen LogP contribution in [-0.4, -0.2) is 0 Å². The van der Waals surface area contributed by atoms with Gasteiger partial charge in [0.15, 0.2) is 11.9 Å². The molecule has 0 spiro atoms. The van der Waals surface area contributed by atoms with E-state index in [2.05, 4.69) is 54.4 Å². The fourth-order valence-corrected chi connectivity index (χ4v) is 2.95. The fourth-order valence-electron chi connectivity index (χ4n) is 2.02. The average molecular weight is 214 g/mol. The van der Waals surface area contributed by atoms with Gasteiger partial charge in [-0.2, -0.15) is 0 Å². The number of hydrogen-bond donors (Lipinski definition) is 0. The van der Waals surface area contributed by atoms with Crippen molar-refractivity contribution >= 4 is 32.2 Å². The highest BCUT2D eigenvalue weighted by Crippen LogP contribution is 2.29. The molecule has 0 saturated carbocycles. The van der Waals surface area contributed by atoms with Gasteiger partial charge >= 0.3 is 0 Å². The Bertz CT molecular complexity index is 652. The maximum Gasteiger partial charge on any atom is 0.185 e. The summed E-state index contributed by atoms with van der Waals surface area (Å²) in [6.07, 6.45) is 2.14. The van der Waals surface area contributed by atoms with Crippen molar-refractivity contribution in [3.8, 4) is 0 Å². The third kappa shape index (κ3) is 1.18. The number of nitrogens with zero attached hydrogens (tertiary/aromatic N) is 1. The van der Waals surface area contributed by atoms with E-state index in [1.165, 1.54) is 26.6 Å². The highest BCUT2D eigenvalue weighted by atomic mass is 32.1. The van der Waals surface area contributed by atoms with E-state index in [0.29, 0.717) is 0 Å². The Balaban J connectivity index is 2.60. The van der Waals surface area contributed by atoms with Gasteiger partial charge in [-0.25, -0.2) is 4.57 Å². The second-order valence-corrected chi connectivity index (χ2v) is 4.79. The van der Waals surface area contributed by atoms with Gasteiger partial charge in [-0.05, 0) is 22.9 Å². The number of rotatable bonds is 0. The van der Waals surface area contributed by atoms with Crippen LogP contribution in [0.25, 0.3) is 20.9 Å². The van der Waals surface area contributed by atoms with Crippen LogP contribution in [0.4, 0.5) is 0 Å². The molecule has 0 aliphatic carbocycles. The lowest BCUT2D eigenvalue weighted by Crippen LogP contribution is -2.31. The molecular weight excluding hydrogens is 202 g/mol. The van der Waals surface area contributed by atoms with E-state index < -0.39 is 0 Å². The first kappa shape index (κ1) is 8.86. The van der Waals surface area contributed by atoms with Gasteiger partial charge in [-0.3, -0.25) is 0 Å². The SMILES string of the molecule is Cc1c2ccc3ccsc3c2cc[n+]1C. The number of thiophene rings is 1. The molecule has 2 heteroatoms. The average Bonchev–Trinajstić information content (AvgIpc) is 2.71. The van der Waals surface area contributed by atoms with Gasteiger partial charge in [0.1, 0.15) is 7.05 Å². The molecular formula is C13H12NS+. The van der Waals surface area contributed by atoms with E-state index in [0.717, 1.165) is 0 Å². The van der Waals surface area contributed by atoms with Crippen molar-refractivity contribution in [2.75, 3.05) is 0 Å². The fraction of sp³-hybridized carbons (Fsp3) is 0.154. The molecule has 0 unspecified atom stereocenters. The minimum Gasteiger partial charge on any atom is -0.205 e. The summed E-state index contributed by atoms with van der Waals surface area (Å²) < 4.78 is 3.57. The highest BCUT2D eigenvalue weighted by molar-refractivity contribution is 7.18. The Morgan fingerprint density at radius 3 is 2.80 bits per heavy atom. The number of aryl methyl sites for hydroxylation is 2. The number of hydrogen-bond acceptors (Lipinski definition) is 1. The van der Waals surface area contributed by atoms with Crippen LogP contribution in [0.15, 0.2) is 35.8 Å². The number of benzene rings is 1. The molecule has 2 heterocycles. The smallest absolute Gasteiger partial charge is 0.185 e. The standard InChI is InChI=1S/C13H12NS/c1-9-11-4-3-10-6-8-15-13(10)12(11)5-7-14(9)2/h3-8H,1-2H3/q+1. The Hall–Kier alpha value is -1.41. The molecule has 0 atom stereocenters. The van der Waals surface area contributed by atoms with E-state index in [1.54, 1.807) is 0 Å². The van der Waals surface area contributed by atoms with Crippen LogP contribution >= 0.6 is 11.3 Å². The van der Waals surface area contributed by atoms with E-state index in [4.69, 9.17) is 0 Å². The van der Waals surface area contributed by atoms with E-state index >= 15 is 0 Å². The zero-order chi connectivity index (χ0) is 10.4. The number of aromatic nitrogens is 1. The summed E-state index contributed by atoms with van der Waals surface area (Å²) in [6.45, 7) is 2.17. The van der Waals surface area contributed by atoms with Gasteiger partial charge in [0.25, 0.3) is 0 Å². The van der Waals surface area contributed by atoms with Gasteiger partial charge in [-0.1, -0.05) is 6.07 Å². The normalized spacial score (nSPS) is 11.3. The topological polar surface area (TPSA) is 3.88 Å². The van der Waals surface area contributed by atoms with Crippen molar-refractivity contribution in [3.63, 3.8) is 0 Å². The van der Waals surface area contributed by atoms with E-state index in [1.807, 2.05) is 11.3 Å². The summed E-state index contributed by atoms with van der Waals surface area (Å²) >= 11 is 1.82. The molecule has 0 radical (unpaired) electrons.